The molecule has 96 heavy (non-hydrogen) atoms. The van der Waals surface area contributed by atoms with Crippen molar-refractivity contribution in [1.82, 2.24) is 38.7 Å². The van der Waals surface area contributed by atoms with E-state index < -0.39 is 226 Å². The smallest absolute Gasteiger partial charge is 0.336 e. The van der Waals surface area contributed by atoms with E-state index in [1.165, 1.54) is 62.4 Å². The molecule has 22 heteroatoms. The highest BCUT2D eigenvalue weighted by Crippen LogP contribution is 2.35. The van der Waals surface area contributed by atoms with Crippen molar-refractivity contribution in [1.29, 1.82) is 0 Å². The van der Waals surface area contributed by atoms with Gasteiger partial charge in [0.05, 0.1) is 37.7 Å². The monoisotopic (exact) mass is 1390 g/mol. The maximum absolute atomic E-state index is 15.0. The topological polar surface area (TPSA) is 117 Å². The predicted octanol–water partition coefficient (Wildman–Crippen LogP) is 15.2. The zero-order valence-electron chi connectivity index (χ0n) is 80.2. The molecule has 2 atom stereocenters. The van der Waals surface area contributed by atoms with Crippen LogP contribution >= 0.6 is 23.5 Å². The van der Waals surface area contributed by atoms with Crippen LogP contribution in [0.25, 0.3) is 22.3 Å². The third kappa shape index (κ3) is 18.8. The molecule has 2 aromatic heterocycles. The van der Waals surface area contributed by atoms with Gasteiger partial charge in [0.1, 0.15) is 24.7 Å². The first-order valence-corrected chi connectivity index (χ1v) is 31.3. The summed E-state index contributed by atoms with van der Waals surface area (Å²) in [7, 11) is 0. The molecule has 12 nitrogen and oxygen atoms in total. The van der Waals surface area contributed by atoms with Gasteiger partial charge in [0.2, 0.25) is 11.8 Å². The van der Waals surface area contributed by atoms with E-state index in [1.54, 1.807) is 13.8 Å². The van der Waals surface area contributed by atoms with Crippen molar-refractivity contribution < 1.29 is 83.1 Å². The van der Waals surface area contributed by atoms with E-state index in [9.17, 15) is 63.9 Å². The number of nitrogens with zero attached hydrogens (tertiary/aromatic N) is 8. The van der Waals surface area contributed by atoms with Crippen LogP contribution in [0.3, 0.4) is 0 Å². The largest absolute Gasteiger partial charge is 0.416 e. The van der Waals surface area contributed by atoms with E-state index in [-0.39, 0.29) is 95.4 Å². The molecule has 0 aliphatic heterocycles. The Kier molecular flexibility index (Phi) is 14.9. The lowest BCUT2D eigenvalue weighted by atomic mass is 9.99. The summed E-state index contributed by atoms with van der Waals surface area (Å²) < 4.78 is 355. The molecule has 2 unspecified atom stereocenters. The second-order valence-corrected chi connectivity index (χ2v) is 22.5. The Morgan fingerprint density at radius 2 is 1.02 bits per heavy atom. The molecule has 2 aliphatic rings. The Labute approximate surface area is 603 Å². The average molecular weight is 1390 g/mol. The second-order valence-electron chi connectivity index (χ2n) is 21.0. The van der Waals surface area contributed by atoms with Crippen LogP contribution in [0.2, 0.25) is 0 Å². The molecule has 0 saturated carbocycles. The number of alkyl halides is 6. The number of hydrogen-bond acceptors (Lipinski definition) is 10. The molecule has 0 bridgehead atoms. The minimum Gasteiger partial charge on any atom is -0.336 e. The molecular formula is C74H80F8N8O4S2. The molecule has 10 rings (SSSR count). The Morgan fingerprint density at radius 3 is 1.49 bits per heavy atom. The van der Waals surface area contributed by atoms with Crippen molar-refractivity contribution in [3.63, 3.8) is 0 Å². The Bertz CT molecular complexity index is 5490. The second kappa shape index (κ2) is 32.9. The van der Waals surface area contributed by atoms with Crippen LogP contribution in [0.5, 0.6) is 0 Å². The number of rotatable bonds is 26. The lowest BCUT2D eigenvalue weighted by Gasteiger charge is -2.33. The molecule has 8 aromatic rings. The van der Waals surface area contributed by atoms with Gasteiger partial charge in [-0.3, -0.25) is 19.2 Å². The number of benzene rings is 6. The van der Waals surface area contributed by atoms with Crippen molar-refractivity contribution in [2.24, 2.45) is 5.89 Å². The molecule has 2 heterocycles. The third-order valence-corrected chi connectivity index (χ3v) is 16.4. The molecule has 0 spiro atoms. The number of thioether (sulfide) groups is 2. The quantitative estimate of drug-likeness (QED) is 0.0295. The Balaban J connectivity index is 0.000000282. The summed E-state index contributed by atoms with van der Waals surface area (Å²) >= 11 is -0.113. The van der Waals surface area contributed by atoms with Gasteiger partial charge in [-0.2, -0.15) is 36.3 Å². The average Bonchev–Trinajstić information content (AvgIpc) is 1.52. The van der Waals surface area contributed by atoms with Gasteiger partial charge in [-0.15, -0.1) is 0 Å². The minimum atomic E-state index is -4.65. The van der Waals surface area contributed by atoms with E-state index in [4.69, 9.17) is 28.8 Å². The maximum Gasteiger partial charge on any atom is 0.416 e. The lowest BCUT2D eigenvalue weighted by molar-refractivity contribution is -0.138. The molecular weight excluding hydrogens is 1280 g/mol. The molecule has 2 aliphatic carbocycles. The van der Waals surface area contributed by atoms with E-state index in [0.29, 0.717) is 27.0 Å². The highest BCUT2D eigenvalue weighted by atomic mass is 32.2. The van der Waals surface area contributed by atoms with Gasteiger partial charge in [-0.05, 0) is 164 Å². The molecule has 6 aromatic carbocycles. The van der Waals surface area contributed by atoms with E-state index in [2.05, 4.69) is 9.97 Å². The maximum atomic E-state index is 15.0. The van der Waals surface area contributed by atoms with Crippen LogP contribution in [0, 0.1) is 17.5 Å². The fourth-order valence-electron chi connectivity index (χ4n) is 9.62. The fourth-order valence-corrected chi connectivity index (χ4v) is 11.0. The first kappa shape index (κ1) is 43.4. The standard InChI is InChI=1S/2C37H40F4N4O2S/c1-4-43(5-2)18-19-44(22-26-6-10-28(11-7-26)29-12-14-30(15-13-29)37(39,40)41)34(46)23-45-33-21-25(3)20-32(33)35(47)42-36(45)48-24-27-8-16-31(38)17-9-27;1-4-43(5-2)21-22-44(25(3)27-11-13-28(14-12-27)29-15-17-30(18-16-29)37(39,40)41)34(46)23-45-33-8-6-7-32(33)35(47)42-36(45)48-24-26-9-19-31(38)20-10-26/h6-17,25H,4-5,18-24H2,1-3H3;9-20,25H,4-8,21-24H2,1-3H3/i8D,9D,16D,17D,18D2,19D2,20D2,21D2,22D2,24D2,25D;9D,10D,19D,20D,21D2,22D2,24D2,25D. The van der Waals surface area contributed by atoms with Crippen LogP contribution in [-0.4, -0.2) is 103 Å². The summed E-state index contributed by atoms with van der Waals surface area (Å²) in [4.78, 5) is 66.8. The van der Waals surface area contributed by atoms with Crippen molar-refractivity contribution in [3.05, 3.63) is 234 Å². The summed E-state index contributed by atoms with van der Waals surface area (Å²) in [6.45, 7) is -11.6. The lowest BCUT2D eigenvalue weighted by Crippen LogP contribution is -2.42. The number of carbonyl (C=O) groups is 2. The fraction of sp³-hybridized carbons (Fsp3) is 0.378. The Morgan fingerprint density at radius 1 is 0.594 bits per heavy atom. The number of halogens is 8. The van der Waals surface area contributed by atoms with Gasteiger partial charge in [-0.1, -0.05) is 155 Å². The summed E-state index contributed by atoms with van der Waals surface area (Å²) in [5.41, 5.74) is -13.5. The van der Waals surface area contributed by atoms with Crippen molar-refractivity contribution in [2.45, 2.75) is 133 Å². The molecule has 508 valence electrons. The summed E-state index contributed by atoms with van der Waals surface area (Å²) in [6, 6.07) is 6.58. The van der Waals surface area contributed by atoms with Gasteiger partial charge >= 0.3 is 12.4 Å². The number of carbonyl (C=O) groups excluding carboxylic acids is 2. The normalized spacial score (nSPS) is 21.4. The van der Waals surface area contributed by atoms with Crippen LogP contribution in [0.15, 0.2) is 165 Å². The van der Waals surface area contributed by atoms with Crippen molar-refractivity contribution >= 4 is 35.3 Å². The van der Waals surface area contributed by atoms with Crippen LogP contribution in [0.1, 0.15) is 148 Å². The SMILES string of the molecule is [2H]c1c([2H])c(C([2H])([2H])Sc2nc(=O)c3c(n2CC(=O)N(C([2H])(C)c2ccc(-c4ccc(C(F)(F)F)cc4)cc2)C([2H])([2H])C([2H])([2H])N(CC)CC)CCC3)c([2H])c([2H])c1F.[2H]c1c([2H])c(C([2H])([2H])Sc2nc(=O)c3c(n2CC(=O)N(C([2H])([2H])c2ccc(-c4ccc(C(F)(F)F)cc4)cc2)C([2H])([2H])C([2H])([2H])N(CC)CC)C([2H])([2H])C([2H])(C)C3([2H])[2H])c([2H])c([2H])c1F. The number of fused-ring (bicyclic) bond motifs is 2. The highest BCUT2D eigenvalue weighted by Gasteiger charge is 2.33. The molecule has 2 amide bonds. The Hall–Kier alpha value is -7.92. The van der Waals surface area contributed by atoms with Crippen LogP contribution in [0.4, 0.5) is 35.1 Å². The van der Waals surface area contributed by atoms with Gasteiger partial charge in [0.25, 0.3) is 11.1 Å². The van der Waals surface area contributed by atoms with Gasteiger partial charge in [0.15, 0.2) is 10.3 Å². The van der Waals surface area contributed by atoms with Gasteiger partial charge < -0.3 is 28.7 Å². The zero-order valence-corrected chi connectivity index (χ0v) is 53.8. The summed E-state index contributed by atoms with van der Waals surface area (Å²) in [5.74, 6) is -9.04. The van der Waals surface area contributed by atoms with Crippen molar-refractivity contribution in [2.75, 3.05) is 52.2 Å². The van der Waals surface area contributed by atoms with Crippen LogP contribution in [-0.2, 0) is 78.5 Å². The number of likely N-dealkylation sites (N-methyl/N-ethyl adjacent to an activating group) is 2. The minimum absolute atomic E-state index is 0.00593. The van der Waals surface area contributed by atoms with Crippen LogP contribution < -0.4 is 11.1 Å². The zero-order chi connectivity index (χ0) is 93.8. The highest BCUT2D eigenvalue weighted by molar-refractivity contribution is 7.98. The molecule has 0 N–H and O–H groups in total. The van der Waals surface area contributed by atoms with Crippen molar-refractivity contribution in [3.8, 4) is 22.3 Å². The number of hydrogen-bond donors (Lipinski definition) is 0. The van der Waals surface area contributed by atoms with Gasteiger partial charge in [-0.25, -0.2) is 8.78 Å². The van der Waals surface area contributed by atoms with E-state index in [0.717, 1.165) is 76.7 Å². The summed E-state index contributed by atoms with van der Waals surface area (Å²) in [5, 5.41) is -1.56. The molecule has 0 radical (unpaired) electrons. The van der Waals surface area contributed by atoms with E-state index in [1.807, 2.05) is 0 Å². The third-order valence-electron chi connectivity index (χ3n) is 14.8. The molecule has 0 fully saturated rings. The first-order valence-electron chi connectivity index (χ1n) is 43.6. The number of amides is 2. The molecule has 0 saturated heterocycles. The van der Waals surface area contributed by atoms with Gasteiger partial charge in [0, 0.05) is 84.2 Å². The first-order chi connectivity index (χ1) is 56.7. The predicted molar refractivity (Wildman–Crippen MR) is 362 cm³/mol. The number of aromatic nitrogens is 4. The van der Waals surface area contributed by atoms with E-state index >= 15 is 0 Å². The summed E-state index contributed by atoms with van der Waals surface area (Å²) in [6.07, 6.45) is -14.9.